The molecule has 0 radical (unpaired) electrons. The monoisotopic (exact) mass is 544 g/mol. The van der Waals surface area contributed by atoms with Crippen molar-refractivity contribution < 1.29 is 19.8 Å². The topological polar surface area (TPSA) is 26.3 Å². The van der Waals surface area contributed by atoms with Crippen molar-refractivity contribution in [3.63, 3.8) is 0 Å². The van der Waals surface area contributed by atoms with Gasteiger partial charge in [-0.15, -0.1) is 0 Å². The number of benzene rings is 7. The molecule has 9 rings (SSSR count). The lowest BCUT2D eigenvalue weighted by Crippen LogP contribution is -1.90. The Morgan fingerprint density at radius 1 is 0.452 bits per heavy atom. The Labute approximate surface area is 253 Å². The second kappa shape index (κ2) is 8.95. The third kappa shape index (κ3) is 3.39. The van der Waals surface area contributed by atoms with Gasteiger partial charge in [-0.05, 0) is 79.2 Å². The maximum atomic E-state index is 9.11. The van der Waals surface area contributed by atoms with E-state index >= 15 is 0 Å². The van der Waals surface area contributed by atoms with E-state index in [4.69, 9.17) is 19.8 Å². The van der Waals surface area contributed by atoms with Crippen LogP contribution in [-0.2, 0) is 0 Å². The molecule has 2 nitrogen and oxygen atoms in total. The third-order valence-electron chi connectivity index (χ3n) is 8.00. The van der Waals surface area contributed by atoms with E-state index in [9.17, 15) is 0 Å². The van der Waals surface area contributed by atoms with E-state index in [1.807, 2.05) is 66.7 Å². The first-order chi connectivity index (χ1) is 24.2. The molecule has 2 heterocycles. The number of rotatable bonds is 3. The molecule has 0 N–H and O–H groups in total. The van der Waals surface area contributed by atoms with Gasteiger partial charge in [0, 0.05) is 16.2 Å². The molecule has 42 heavy (non-hydrogen) atoms. The maximum Gasteiger partial charge on any atom is 0.178 e. The predicted octanol–water partition coefficient (Wildman–Crippen LogP) is 11.6. The fourth-order valence-electron chi connectivity index (χ4n) is 6.07. The van der Waals surface area contributed by atoms with Crippen molar-refractivity contribution in [2.75, 3.05) is 0 Å². The summed E-state index contributed by atoms with van der Waals surface area (Å²) in [6.45, 7) is 0. The first kappa shape index (κ1) is 16.6. The standard InChI is InChI=1S/C40H24O2/c1-2-8-26(9-3-1)37-31-10-4-6-12-33(31)38(34-13-7-5-11-32(34)37)27-16-14-25(15-17-27)29-19-20-30-35-21-18-28-22-23-41-39(28)40(35)42-36(30)24-29/h1-24H/i4D,5D,6D,7D,10D,11D,12D,13D. The van der Waals surface area contributed by atoms with E-state index in [1.54, 1.807) is 30.5 Å². The van der Waals surface area contributed by atoms with E-state index in [1.165, 1.54) is 0 Å². The summed E-state index contributed by atoms with van der Waals surface area (Å²) in [6, 6.07) is 25.5. The van der Waals surface area contributed by atoms with Crippen molar-refractivity contribution >= 4 is 54.5 Å². The van der Waals surface area contributed by atoms with E-state index in [0.717, 1.165) is 27.3 Å². The van der Waals surface area contributed by atoms with Gasteiger partial charge in [0.15, 0.2) is 11.2 Å². The molecule has 0 bridgehead atoms. The van der Waals surface area contributed by atoms with Crippen LogP contribution < -0.4 is 0 Å². The van der Waals surface area contributed by atoms with Gasteiger partial charge < -0.3 is 8.83 Å². The Hall–Kier alpha value is -5.60. The summed E-state index contributed by atoms with van der Waals surface area (Å²) in [5.74, 6) is 0. The fraction of sp³-hybridized carbons (Fsp3) is 0. The second-order valence-corrected chi connectivity index (χ2v) is 10.3. The van der Waals surface area contributed by atoms with Crippen LogP contribution in [0.2, 0.25) is 0 Å². The zero-order valence-electron chi connectivity index (χ0n) is 30.1. The summed E-state index contributed by atoms with van der Waals surface area (Å²) >= 11 is 0. The molecule has 2 heteroatoms. The normalized spacial score (nSPS) is 14.5. The quantitative estimate of drug-likeness (QED) is 0.207. The van der Waals surface area contributed by atoms with E-state index in [-0.39, 0.29) is 45.7 Å². The Balaban J connectivity index is 1.32. The summed E-state index contributed by atoms with van der Waals surface area (Å²) in [6.07, 6.45) is 1.64. The van der Waals surface area contributed by atoms with Crippen LogP contribution in [0.5, 0.6) is 0 Å². The molecular weight excluding hydrogens is 512 g/mol. The van der Waals surface area contributed by atoms with Crippen LogP contribution in [0.1, 0.15) is 11.0 Å². The van der Waals surface area contributed by atoms with Crippen molar-refractivity contribution in [1.82, 2.24) is 0 Å². The average molecular weight is 545 g/mol. The molecular formula is C40H24O2. The largest absolute Gasteiger partial charge is 0.460 e. The molecule has 9 aromatic rings. The van der Waals surface area contributed by atoms with Gasteiger partial charge in [0.1, 0.15) is 5.58 Å². The minimum Gasteiger partial charge on any atom is -0.460 e. The fourth-order valence-corrected chi connectivity index (χ4v) is 6.07. The van der Waals surface area contributed by atoms with Gasteiger partial charge in [-0.25, -0.2) is 0 Å². The predicted molar refractivity (Wildman–Crippen MR) is 175 cm³/mol. The lowest BCUT2D eigenvalue weighted by Gasteiger charge is -2.18. The molecule has 0 spiro atoms. The van der Waals surface area contributed by atoms with Crippen LogP contribution in [0.25, 0.3) is 87.8 Å². The Bertz CT molecular complexity index is 2810. The van der Waals surface area contributed by atoms with Crippen molar-refractivity contribution in [3.8, 4) is 33.4 Å². The van der Waals surface area contributed by atoms with Crippen molar-refractivity contribution in [3.05, 3.63) is 146 Å². The SMILES string of the molecule is [2H]c1c([2H])c([2H])c2c(-c3ccc(-c4ccc5c(c4)oc4c5ccc5ccoc54)cc3)c3c([2H])c([2H])c([2H])c([2H])c3c(-c3ccccc3)c2c1[2H]. The van der Waals surface area contributed by atoms with Gasteiger partial charge >= 0.3 is 0 Å². The number of fused-ring (bicyclic) bond motifs is 7. The summed E-state index contributed by atoms with van der Waals surface area (Å²) in [5, 5.41) is 3.63. The van der Waals surface area contributed by atoms with Crippen LogP contribution in [-0.4, -0.2) is 0 Å². The highest BCUT2D eigenvalue weighted by atomic mass is 16.4. The highest BCUT2D eigenvalue weighted by Crippen LogP contribution is 2.44. The van der Waals surface area contributed by atoms with Crippen molar-refractivity contribution in [1.29, 1.82) is 0 Å². The number of hydrogen-bond donors (Lipinski definition) is 0. The van der Waals surface area contributed by atoms with Crippen molar-refractivity contribution in [2.45, 2.75) is 0 Å². The minimum absolute atomic E-state index is 0.188. The van der Waals surface area contributed by atoms with Crippen LogP contribution in [0, 0.1) is 0 Å². The molecule has 0 aliphatic rings. The summed E-state index contributed by atoms with van der Waals surface area (Å²) in [5.41, 5.74) is 5.59. The first-order valence-corrected chi connectivity index (χ1v) is 13.6. The van der Waals surface area contributed by atoms with Gasteiger partial charge in [-0.3, -0.25) is 0 Å². The maximum absolute atomic E-state index is 9.11. The first-order valence-electron chi connectivity index (χ1n) is 17.6. The van der Waals surface area contributed by atoms with Crippen LogP contribution in [0.4, 0.5) is 0 Å². The average Bonchev–Trinajstić information content (AvgIpc) is 3.78. The third-order valence-corrected chi connectivity index (χ3v) is 8.00. The Morgan fingerprint density at radius 3 is 1.69 bits per heavy atom. The van der Waals surface area contributed by atoms with E-state index in [2.05, 4.69) is 0 Å². The molecule has 0 fully saturated rings. The van der Waals surface area contributed by atoms with Gasteiger partial charge in [0.25, 0.3) is 0 Å². The highest BCUT2D eigenvalue weighted by molar-refractivity contribution is 6.21. The van der Waals surface area contributed by atoms with Gasteiger partial charge in [-0.2, -0.15) is 0 Å². The molecule has 0 saturated carbocycles. The van der Waals surface area contributed by atoms with Crippen LogP contribution in [0.3, 0.4) is 0 Å². The number of hydrogen-bond acceptors (Lipinski definition) is 2. The molecule has 0 aliphatic carbocycles. The summed E-state index contributed by atoms with van der Waals surface area (Å²) in [4.78, 5) is 0. The molecule has 0 atom stereocenters. The summed E-state index contributed by atoms with van der Waals surface area (Å²) in [7, 11) is 0. The van der Waals surface area contributed by atoms with Crippen LogP contribution in [0.15, 0.2) is 154 Å². The van der Waals surface area contributed by atoms with Gasteiger partial charge in [0.05, 0.1) is 17.2 Å². The van der Waals surface area contributed by atoms with Crippen molar-refractivity contribution in [2.24, 2.45) is 0 Å². The van der Waals surface area contributed by atoms with E-state index in [0.29, 0.717) is 39.0 Å². The Kier molecular flexibility index (Phi) is 3.54. The van der Waals surface area contributed by atoms with E-state index < -0.39 is 24.2 Å². The van der Waals surface area contributed by atoms with Gasteiger partial charge in [-0.1, -0.05) is 115 Å². The molecule has 196 valence electrons. The molecule has 0 saturated heterocycles. The molecule has 0 aliphatic heterocycles. The number of furan rings is 2. The highest BCUT2D eigenvalue weighted by Gasteiger charge is 2.17. The lowest BCUT2D eigenvalue weighted by molar-refractivity contribution is 0.600. The molecule has 7 aromatic carbocycles. The second-order valence-electron chi connectivity index (χ2n) is 10.3. The molecule has 0 amide bonds. The summed E-state index contributed by atoms with van der Waals surface area (Å²) < 4.78 is 82.7. The molecule has 0 unspecified atom stereocenters. The minimum atomic E-state index is -0.425. The van der Waals surface area contributed by atoms with Crippen LogP contribution >= 0.6 is 0 Å². The smallest absolute Gasteiger partial charge is 0.178 e. The zero-order valence-corrected chi connectivity index (χ0v) is 22.1. The zero-order chi connectivity index (χ0) is 34.6. The lowest BCUT2D eigenvalue weighted by atomic mass is 9.86. The molecule has 2 aromatic heterocycles. The Morgan fingerprint density at radius 2 is 1.02 bits per heavy atom. The van der Waals surface area contributed by atoms with Gasteiger partial charge in [0.2, 0.25) is 0 Å².